The van der Waals surface area contributed by atoms with Crippen molar-refractivity contribution in [1.29, 1.82) is 0 Å². The Hall–Kier alpha value is -2.61. The molecule has 138 valence electrons. The van der Waals surface area contributed by atoms with E-state index < -0.39 is 5.97 Å². The normalized spacial score (nSPS) is 11.7. The predicted octanol–water partition coefficient (Wildman–Crippen LogP) is 7.19. The van der Waals surface area contributed by atoms with Crippen LogP contribution in [0.1, 0.15) is 61.4 Å². The molecule has 0 aromatic heterocycles. The van der Waals surface area contributed by atoms with Crippen LogP contribution in [0.3, 0.4) is 0 Å². The molecule has 0 unspecified atom stereocenters. The highest BCUT2D eigenvalue weighted by Gasteiger charge is 2.16. The summed E-state index contributed by atoms with van der Waals surface area (Å²) in [6.07, 6.45) is 8.78. The molecule has 0 amide bonds. The number of hydrogen-bond donors (Lipinski definition) is 1. The lowest BCUT2D eigenvalue weighted by molar-refractivity contribution is 0.0699. The van der Waals surface area contributed by atoms with E-state index in [1.807, 2.05) is 18.2 Å². The molecule has 0 aliphatic heterocycles. The van der Waals surface area contributed by atoms with Crippen LogP contribution in [0, 0.1) is 0 Å². The molecular formula is C25H26O2. The number of rotatable bonds is 8. The molecule has 0 aliphatic carbocycles. The highest BCUT2D eigenvalue weighted by Crippen LogP contribution is 2.37. The van der Waals surface area contributed by atoms with Crippen molar-refractivity contribution < 1.29 is 9.90 Å². The van der Waals surface area contributed by atoms with Gasteiger partial charge < -0.3 is 5.11 Å². The maximum atomic E-state index is 11.8. The summed E-state index contributed by atoms with van der Waals surface area (Å²) in [6.45, 7) is 2.24. The fourth-order valence-electron chi connectivity index (χ4n) is 4.34. The minimum absolute atomic E-state index is 0.400. The maximum absolute atomic E-state index is 11.8. The summed E-state index contributed by atoms with van der Waals surface area (Å²) in [5.41, 5.74) is 1.71. The van der Waals surface area contributed by atoms with Crippen LogP contribution in [-0.2, 0) is 6.42 Å². The standard InChI is InChI=1S/C25H26O2/c1-2-3-4-5-6-7-9-17-14-19-13-12-18-10-8-11-21-22(25(26)27)16-20(15-17)23(19)24(18)21/h8,10-16H,2-7,9H2,1H3,(H,26,27). The minimum Gasteiger partial charge on any atom is -0.478 e. The van der Waals surface area contributed by atoms with Crippen molar-refractivity contribution >= 4 is 38.3 Å². The summed E-state index contributed by atoms with van der Waals surface area (Å²) >= 11 is 0. The van der Waals surface area contributed by atoms with Crippen LogP contribution in [0.15, 0.2) is 48.5 Å². The molecule has 27 heavy (non-hydrogen) atoms. The summed E-state index contributed by atoms with van der Waals surface area (Å²) in [4.78, 5) is 11.8. The monoisotopic (exact) mass is 358 g/mol. The summed E-state index contributed by atoms with van der Waals surface area (Å²) in [6, 6.07) is 16.6. The minimum atomic E-state index is -0.855. The number of aromatic carboxylic acids is 1. The van der Waals surface area contributed by atoms with Crippen LogP contribution in [-0.4, -0.2) is 11.1 Å². The second-order valence-corrected chi connectivity index (χ2v) is 7.63. The van der Waals surface area contributed by atoms with Gasteiger partial charge in [0.1, 0.15) is 0 Å². The third-order valence-corrected chi connectivity index (χ3v) is 5.69. The van der Waals surface area contributed by atoms with Gasteiger partial charge in [-0.25, -0.2) is 4.79 Å². The van der Waals surface area contributed by atoms with Crippen molar-refractivity contribution in [3.8, 4) is 0 Å². The zero-order chi connectivity index (χ0) is 18.8. The fourth-order valence-corrected chi connectivity index (χ4v) is 4.34. The molecule has 4 aromatic rings. The average Bonchev–Trinajstić information content (AvgIpc) is 2.68. The highest BCUT2D eigenvalue weighted by molar-refractivity contribution is 6.26. The molecule has 0 aliphatic rings. The van der Waals surface area contributed by atoms with Crippen molar-refractivity contribution in [3.63, 3.8) is 0 Å². The zero-order valence-electron chi connectivity index (χ0n) is 15.9. The highest BCUT2D eigenvalue weighted by atomic mass is 16.4. The van der Waals surface area contributed by atoms with Gasteiger partial charge in [-0.1, -0.05) is 81.5 Å². The van der Waals surface area contributed by atoms with Crippen LogP contribution < -0.4 is 0 Å². The topological polar surface area (TPSA) is 37.3 Å². The van der Waals surface area contributed by atoms with Gasteiger partial charge in [-0.3, -0.25) is 0 Å². The van der Waals surface area contributed by atoms with E-state index in [1.165, 1.54) is 54.9 Å². The average molecular weight is 358 g/mol. The van der Waals surface area contributed by atoms with E-state index in [1.54, 1.807) is 0 Å². The van der Waals surface area contributed by atoms with Crippen LogP contribution in [0.2, 0.25) is 0 Å². The number of benzene rings is 4. The molecule has 0 spiro atoms. The third kappa shape index (κ3) is 3.37. The Morgan fingerprint density at radius 2 is 1.56 bits per heavy atom. The second kappa shape index (κ2) is 7.56. The molecule has 0 atom stereocenters. The molecule has 0 radical (unpaired) electrons. The Morgan fingerprint density at radius 1 is 0.815 bits per heavy atom. The van der Waals surface area contributed by atoms with E-state index in [4.69, 9.17) is 0 Å². The number of hydrogen-bond acceptors (Lipinski definition) is 1. The Morgan fingerprint density at radius 3 is 2.37 bits per heavy atom. The third-order valence-electron chi connectivity index (χ3n) is 5.69. The van der Waals surface area contributed by atoms with Gasteiger partial charge >= 0.3 is 5.97 Å². The molecule has 0 heterocycles. The van der Waals surface area contributed by atoms with Gasteiger partial charge in [0.15, 0.2) is 0 Å². The smallest absolute Gasteiger partial charge is 0.336 e. The molecular weight excluding hydrogens is 332 g/mol. The van der Waals surface area contributed by atoms with E-state index in [0.717, 1.165) is 28.0 Å². The second-order valence-electron chi connectivity index (χ2n) is 7.63. The molecule has 2 nitrogen and oxygen atoms in total. The zero-order valence-corrected chi connectivity index (χ0v) is 15.9. The number of carboxylic acids is 1. The first-order valence-electron chi connectivity index (χ1n) is 10.1. The van der Waals surface area contributed by atoms with Gasteiger partial charge in [0, 0.05) is 0 Å². The van der Waals surface area contributed by atoms with Gasteiger partial charge in [-0.05, 0) is 56.8 Å². The molecule has 4 rings (SSSR count). The van der Waals surface area contributed by atoms with E-state index in [9.17, 15) is 9.90 Å². The summed E-state index contributed by atoms with van der Waals surface area (Å²) in [5.74, 6) is -0.855. The van der Waals surface area contributed by atoms with E-state index in [0.29, 0.717) is 5.56 Å². The molecule has 1 N–H and O–H groups in total. The lowest BCUT2D eigenvalue weighted by atomic mass is 9.89. The predicted molar refractivity (Wildman–Crippen MR) is 114 cm³/mol. The van der Waals surface area contributed by atoms with Crippen molar-refractivity contribution in [2.45, 2.75) is 51.9 Å². The number of carboxylic acid groups (broad SMARTS) is 1. The Bertz CT molecular complexity index is 1090. The lowest BCUT2D eigenvalue weighted by Crippen LogP contribution is -1.99. The molecule has 0 fully saturated rings. The fraction of sp³-hybridized carbons (Fsp3) is 0.320. The summed E-state index contributed by atoms with van der Waals surface area (Å²) in [7, 11) is 0. The number of carbonyl (C=O) groups is 1. The van der Waals surface area contributed by atoms with Gasteiger partial charge in [-0.2, -0.15) is 0 Å². The van der Waals surface area contributed by atoms with Gasteiger partial charge in [0.25, 0.3) is 0 Å². The first-order chi connectivity index (χ1) is 13.2. The van der Waals surface area contributed by atoms with Crippen molar-refractivity contribution in [2.75, 3.05) is 0 Å². The van der Waals surface area contributed by atoms with Crippen molar-refractivity contribution in [2.24, 2.45) is 0 Å². The van der Waals surface area contributed by atoms with Crippen molar-refractivity contribution in [1.82, 2.24) is 0 Å². The molecule has 4 aromatic carbocycles. The lowest BCUT2D eigenvalue weighted by Gasteiger charge is -2.14. The Kier molecular flexibility index (Phi) is 4.98. The van der Waals surface area contributed by atoms with Gasteiger partial charge in [-0.15, -0.1) is 0 Å². The van der Waals surface area contributed by atoms with Crippen LogP contribution in [0.4, 0.5) is 0 Å². The van der Waals surface area contributed by atoms with E-state index in [-0.39, 0.29) is 0 Å². The van der Waals surface area contributed by atoms with Crippen LogP contribution in [0.5, 0.6) is 0 Å². The van der Waals surface area contributed by atoms with Gasteiger partial charge in [0.05, 0.1) is 5.56 Å². The first-order valence-corrected chi connectivity index (χ1v) is 10.1. The summed E-state index contributed by atoms with van der Waals surface area (Å²) in [5, 5.41) is 16.2. The maximum Gasteiger partial charge on any atom is 0.336 e. The number of unbranched alkanes of at least 4 members (excludes halogenated alkanes) is 5. The molecule has 2 heteroatoms. The quantitative estimate of drug-likeness (QED) is 0.267. The SMILES string of the molecule is CCCCCCCCc1cc2ccc3cccc4c(C(=O)O)cc(c1)c2c34. The van der Waals surface area contributed by atoms with Crippen LogP contribution in [0.25, 0.3) is 32.3 Å². The molecule has 0 bridgehead atoms. The molecule has 0 saturated heterocycles. The van der Waals surface area contributed by atoms with Crippen LogP contribution >= 0.6 is 0 Å². The molecule has 0 saturated carbocycles. The van der Waals surface area contributed by atoms with Gasteiger partial charge in [0.2, 0.25) is 0 Å². The van der Waals surface area contributed by atoms with Crippen molar-refractivity contribution in [3.05, 3.63) is 59.7 Å². The van der Waals surface area contributed by atoms with E-state index >= 15 is 0 Å². The van der Waals surface area contributed by atoms with E-state index in [2.05, 4.69) is 37.3 Å². The largest absolute Gasteiger partial charge is 0.478 e. The number of aryl methyl sites for hydroxylation is 1. The first kappa shape index (κ1) is 17.8. The Labute approximate surface area is 160 Å². The summed E-state index contributed by atoms with van der Waals surface area (Å²) < 4.78 is 0. The Balaban J connectivity index is 1.73.